The number of nitrogens with one attached hydrogen (secondary N) is 2. The Bertz CT molecular complexity index is 559. The van der Waals surface area contributed by atoms with E-state index in [0.29, 0.717) is 24.2 Å². The first-order valence-electron chi connectivity index (χ1n) is 6.65. The summed E-state index contributed by atoms with van der Waals surface area (Å²) in [7, 11) is 0. The lowest BCUT2D eigenvalue weighted by Crippen LogP contribution is -2.40. The number of anilines is 1. The van der Waals surface area contributed by atoms with Gasteiger partial charge in [0.1, 0.15) is 0 Å². The lowest BCUT2D eigenvalue weighted by molar-refractivity contribution is -0.136. The molecule has 0 aliphatic carbocycles. The van der Waals surface area contributed by atoms with E-state index in [1.54, 1.807) is 24.3 Å². The molecule has 1 rings (SSSR count). The molecule has 1 aromatic carbocycles. The monoisotopic (exact) mass is 288 g/mol. The minimum absolute atomic E-state index is 0.0357. The van der Waals surface area contributed by atoms with Crippen molar-refractivity contribution in [2.24, 2.45) is 5.41 Å². The van der Waals surface area contributed by atoms with Gasteiger partial charge in [0, 0.05) is 24.4 Å². The summed E-state index contributed by atoms with van der Waals surface area (Å²) < 4.78 is 0. The van der Waals surface area contributed by atoms with Gasteiger partial charge in [0.2, 0.25) is 0 Å². The molecular weight excluding hydrogens is 268 g/mol. The number of aliphatic hydroxyl groups excluding tert-OH is 1. The van der Waals surface area contributed by atoms with Crippen LogP contribution >= 0.6 is 0 Å². The number of hydrogen-bond acceptors (Lipinski definition) is 3. The highest BCUT2D eigenvalue weighted by molar-refractivity contribution is 6.39. The van der Waals surface area contributed by atoms with Crippen molar-refractivity contribution in [3.63, 3.8) is 0 Å². The van der Waals surface area contributed by atoms with E-state index in [2.05, 4.69) is 16.6 Å². The zero-order valence-electron chi connectivity index (χ0n) is 12.3. The first-order chi connectivity index (χ1) is 9.88. The van der Waals surface area contributed by atoms with Crippen LogP contribution in [0.2, 0.25) is 0 Å². The molecule has 2 amide bonds. The van der Waals surface area contributed by atoms with Gasteiger partial charge in [0.15, 0.2) is 0 Å². The van der Waals surface area contributed by atoms with Crippen LogP contribution in [0.3, 0.4) is 0 Å². The molecule has 0 fully saturated rings. The van der Waals surface area contributed by atoms with Crippen LogP contribution < -0.4 is 10.6 Å². The largest absolute Gasteiger partial charge is 0.396 e. The summed E-state index contributed by atoms with van der Waals surface area (Å²) in [5.41, 5.74) is 0.825. The number of benzene rings is 1. The van der Waals surface area contributed by atoms with Gasteiger partial charge >= 0.3 is 11.8 Å². The Hall–Kier alpha value is -2.32. The molecular formula is C16H20N2O3. The second-order valence-electron chi connectivity index (χ2n) is 5.50. The lowest BCUT2D eigenvalue weighted by atomic mass is 9.90. The number of hydrogen-bond donors (Lipinski definition) is 3. The minimum Gasteiger partial charge on any atom is -0.396 e. The number of aliphatic hydroxyl groups is 1. The van der Waals surface area contributed by atoms with E-state index >= 15 is 0 Å². The van der Waals surface area contributed by atoms with E-state index in [9.17, 15) is 9.59 Å². The Morgan fingerprint density at radius 1 is 1.33 bits per heavy atom. The molecule has 0 radical (unpaired) electrons. The summed E-state index contributed by atoms with van der Waals surface area (Å²) in [5, 5.41) is 14.0. The molecule has 0 saturated carbocycles. The molecule has 0 bridgehead atoms. The minimum atomic E-state index is -0.746. The average Bonchev–Trinajstić information content (AvgIpc) is 2.45. The second kappa shape index (κ2) is 7.46. The van der Waals surface area contributed by atoms with Gasteiger partial charge in [-0.05, 0) is 30.0 Å². The Morgan fingerprint density at radius 2 is 2.05 bits per heavy atom. The third-order valence-corrected chi connectivity index (χ3v) is 3.01. The van der Waals surface area contributed by atoms with Crippen LogP contribution in [-0.2, 0) is 9.59 Å². The molecule has 0 spiro atoms. The first kappa shape index (κ1) is 16.7. The summed E-state index contributed by atoms with van der Waals surface area (Å²) in [4.78, 5) is 23.5. The van der Waals surface area contributed by atoms with Gasteiger partial charge in [-0.1, -0.05) is 25.8 Å². The number of carbonyl (C=O) groups excluding carboxylic acids is 2. The van der Waals surface area contributed by atoms with E-state index in [4.69, 9.17) is 11.5 Å². The van der Waals surface area contributed by atoms with Crippen molar-refractivity contribution in [3.05, 3.63) is 29.8 Å². The fraction of sp³-hybridized carbons (Fsp3) is 0.375. The second-order valence-corrected chi connectivity index (χ2v) is 5.50. The van der Waals surface area contributed by atoms with Crippen LogP contribution in [0.4, 0.5) is 5.69 Å². The molecule has 0 heterocycles. The lowest BCUT2D eigenvalue weighted by Gasteiger charge is -2.23. The van der Waals surface area contributed by atoms with Gasteiger partial charge in [0.25, 0.3) is 0 Å². The zero-order valence-corrected chi connectivity index (χ0v) is 12.3. The van der Waals surface area contributed by atoms with Crippen molar-refractivity contribution in [1.82, 2.24) is 5.32 Å². The number of rotatable bonds is 5. The molecule has 21 heavy (non-hydrogen) atoms. The summed E-state index contributed by atoms with van der Waals surface area (Å²) in [6.07, 6.45) is 5.81. The number of amides is 2. The Kier molecular flexibility index (Phi) is 5.94. The molecule has 5 heteroatoms. The fourth-order valence-electron chi connectivity index (χ4n) is 1.67. The highest BCUT2D eigenvalue weighted by Gasteiger charge is 2.21. The third kappa shape index (κ3) is 5.67. The van der Waals surface area contributed by atoms with Crippen LogP contribution in [0.1, 0.15) is 25.8 Å². The molecule has 5 nitrogen and oxygen atoms in total. The molecule has 0 saturated heterocycles. The van der Waals surface area contributed by atoms with Crippen molar-refractivity contribution in [1.29, 1.82) is 0 Å². The first-order valence-corrected chi connectivity index (χ1v) is 6.65. The predicted octanol–water partition coefficient (Wildman–Crippen LogP) is 1.13. The van der Waals surface area contributed by atoms with E-state index < -0.39 is 11.8 Å². The van der Waals surface area contributed by atoms with Crippen LogP contribution in [0.15, 0.2) is 24.3 Å². The Balaban J connectivity index is 2.55. The topological polar surface area (TPSA) is 78.4 Å². The van der Waals surface area contributed by atoms with E-state index in [-0.39, 0.29) is 12.0 Å². The maximum atomic E-state index is 11.8. The number of terminal acetylenes is 1. The van der Waals surface area contributed by atoms with Crippen molar-refractivity contribution < 1.29 is 14.7 Å². The van der Waals surface area contributed by atoms with Crippen LogP contribution in [0.5, 0.6) is 0 Å². The van der Waals surface area contributed by atoms with E-state index in [1.165, 1.54) is 0 Å². The van der Waals surface area contributed by atoms with Crippen molar-refractivity contribution >= 4 is 17.5 Å². The smallest absolute Gasteiger partial charge is 0.313 e. The normalized spacial score (nSPS) is 10.6. The Morgan fingerprint density at radius 3 is 2.67 bits per heavy atom. The molecule has 0 unspecified atom stereocenters. The summed E-state index contributed by atoms with van der Waals surface area (Å²) in [6, 6.07) is 6.70. The third-order valence-electron chi connectivity index (χ3n) is 3.01. The SMILES string of the molecule is C#Cc1cccc(NC(=O)C(=O)NCC(C)(C)CCO)c1. The maximum absolute atomic E-state index is 11.8. The molecule has 0 aromatic heterocycles. The quantitative estimate of drug-likeness (QED) is 0.561. The van der Waals surface area contributed by atoms with Gasteiger partial charge in [-0.15, -0.1) is 6.42 Å². The molecule has 0 aliphatic rings. The standard InChI is InChI=1S/C16H20N2O3/c1-4-12-6-5-7-13(10-12)18-15(21)14(20)17-11-16(2,3)8-9-19/h1,5-7,10,19H,8-9,11H2,2-3H3,(H,17,20)(H,18,21). The number of carbonyl (C=O) groups is 2. The van der Waals surface area contributed by atoms with E-state index in [1.807, 2.05) is 13.8 Å². The molecule has 112 valence electrons. The molecule has 0 atom stereocenters. The fourth-order valence-corrected chi connectivity index (χ4v) is 1.67. The maximum Gasteiger partial charge on any atom is 0.313 e. The average molecular weight is 288 g/mol. The molecule has 1 aromatic rings. The van der Waals surface area contributed by atoms with Gasteiger partial charge < -0.3 is 15.7 Å². The van der Waals surface area contributed by atoms with Gasteiger partial charge in [-0.25, -0.2) is 0 Å². The van der Waals surface area contributed by atoms with Crippen molar-refractivity contribution in [3.8, 4) is 12.3 Å². The van der Waals surface area contributed by atoms with Crippen LogP contribution in [0, 0.1) is 17.8 Å². The van der Waals surface area contributed by atoms with Gasteiger partial charge in [-0.3, -0.25) is 9.59 Å². The summed E-state index contributed by atoms with van der Waals surface area (Å²) >= 11 is 0. The summed E-state index contributed by atoms with van der Waals surface area (Å²) in [5.74, 6) is 0.991. The van der Waals surface area contributed by atoms with Crippen LogP contribution in [0.25, 0.3) is 0 Å². The molecule has 3 N–H and O–H groups in total. The zero-order chi connectivity index (χ0) is 15.9. The van der Waals surface area contributed by atoms with Crippen molar-refractivity contribution in [2.75, 3.05) is 18.5 Å². The molecule has 0 aliphatic heterocycles. The van der Waals surface area contributed by atoms with Gasteiger partial charge in [-0.2, -0.15) is 0 Å². The van der Waals surface area contributed by atoms with Crippen molar-refractivity contribution in [2.45, 2.75) is 20.3 Å². The van der Waals surface area contributed by atoms with Crippen LogP contribution in [-0.4, -0.2) is 30.1 Å². The Labute approximate surface area is 124 Å². The van der Waals surface area contributed by atoms with E-state index in [0.717, 1.165) is 0 Å². The van der Waals surface area contributed by atoms with Gasteiger partial charge in [0.05, 0.1) is 0 Å². The summed E-state index contributed by atoms with van der Waals surface area (Å²) in [6.45, 7) is 4.15. The highest BCUT2D eigenvalue weighted by atomic mass is 16.3. The predicted molar refractivity (Wildman–Crippen MR) is 81.5 cm³/mol. The highest BCUT2D eigenvalue weighted by Crippen LogP contribution is 2.17.